The standard InChI is InChI=1S/C12H14N2O2/c1-2-9(11-13-4-6-15-11)8-10(3-1)12-14-5-7-16-12/h4-7,9-10H,1-3,8H2. The largest absolute Gasteiger partial charge is 0.449 e. The predicted octanol–water partition coefficient (Wildman–Crippen LogP) is 3.10. The van der Waals surface area contributed by atoms with Gasteiger partial charge in [0, 0.05) is 11.8 Å². The molecule has 1 saturated carbocycles. The first-order valence-electron chi connectivity index (χ1n) is 5.72. The molecule has 2 unspecified atom stereocenters. The molecule has 3 rings (SSSR count). The third-order valence-electron chi connectivity index (χ3n) is 3.28. The first kappa shape index (κ1) is 9.63. The van der Waals surface area contributed by atoms with Gasteiger partial charge in [0.1, 0.15) is 12.5 Å². The minimum absolute atomic E-state index is 0.417. The first-order chi connectivity index (χ1) is 7.93. The van der Waals surface area contributed by atoms with Crippen molar-refractivity contribution in [1.82, 2.24) is 9.97 Å². The summed E-state index contributed by atoms with van der Waals surface area (Å²) >= 11 is 0. The van der Waals surface area contributed by atoms with Crippen molar-refractivity contribution in [3.63, 3.8) is 0 Å². The highest BCUT2D eigenvalue weighted by atomic mass is 16.3. The van der Waals surface area contributed by atoms with Gasteiger partial charge in [-0.2, -0.15) is 0 Å². The van der Waals surface area contributed by atoms with Gasteiger partial charge in [0.25, 0.3) is 0 Å². The van der Waals surface area contributed by atoms with Crippen LogP contribution in [0.1, 0.15) is 49.3 Å². The fourth-order valence-corrected chi connectivity index (χ4v) is 2.51. The van der Waals surface area contributed by atoms with E-state index in [0.717, 1.165) is 31.0 Å². The first-order valence-corrected chi connectivity index (χ1v) is 5.72. The second-order valence-corrected chi connectivity index (χ2v) is 4.30. The van der Waals surface area contributed by atoms with Crippen molar-refractivity contribution in [2.24, 2.45) is 0 Å². The van der Waals surface area contributed by atoms with E-state index in [4.69, 9.17) is 8.83 Å². The van der Waals surface area contributed by atoms with E-state index in [0.29, 0.717) is 11.8 Å². The molecule has 2 atom stereocenters. The molecule has 0 radical (unpaired) electrons. The van der Waals surface area contributed by atoms with E-state index in [-0.39, 0.29) is 0 Å². The van der Waals surface area contributed by atoms with Crippen molar-refractivity contribution in [1.29, 1.82) is 0 Å². The lowest BCUT2D eigenvalue weighted by Crippen LogP contribution is -2.13. The van der Waals surface area contributed by atoms with Crippen LogP contribution < -0.4 is 0 Å². The lowest BCUT2D eigenvalue weighted by molar-refractivity contribution is 0.302. The van der Waals surface area contributed by atoms with Crippen LogP contribution in [0.3, 0.4) is 0 Å². The van der Waals surface area contributed by atoms with Gasteiger partial charge in [-0.1, -0.05) is 6.42 Å². The smallest absolute Gasteiger partial charge is 0.197 e. The number of hydrogen-bond acceptors (Lipinski definition) is 4. The number of nitrogens with zero attached hydrogens (tertiary/aromatic N) is 2. The van der Waals surface area contributed by atoms with Crippen molar-refractivity contribution in [2.45, 2.75) is 37.5 Å². The second-order valence-electron chi connectivity index (χ2n) is 4.30. The van der Waals surface area contributed by atoms with Crippen molar-refractivity contribution in [2.75, 3.05) is 0 Å². The van der Waals surface area contributed by atoms with Gasteiger partial charge in [0.05, 0.1) is 12.4 Å². The summed E-state index contributed by atoms with van der Waals surface area (Å²) in [6.45, 7) is 0. The SMILES string of the molecule is c1coc(C2CCCC(c3ncco3)C2)n1. The molecule has 0 amide bonds. The Morgan fingerprint density at radius 2 is 1.50 bits per heavy atom. The zero-order chi connectivity index (χ0) is 10.8. The van der Waals surface area contributed by atoms with Gasteiger partial charge in [-0.3, -0.25) is 0 Å². The lowest BCUT2D eigenvalue weighted by atomic mass is 9.81. The Kier molecular flexibility index (Phi) is 2.48. The van der Waals surface area contributed by atoms with E-state index < -0.39 is 0 Å². The molecule has 4 nitrogen and oxygen atoms in total. The summed E-state index contributed by atoms with van der Waals surface area (Å²) in [4.78, 5) is 8.48. The maximum Gasteiger partial charge on any atom is 0.197 e. The number of aromatic nitrogens is 2. The lowest BCUT2D eigenvalue weighted by Gasteiger charge is -2.24. The Bertz CT molecular complexity index is 382. The zero-order valence-electron chi connectivity index (χ0n) is 9.00. The fraction of sp³-hybridized carbons (Fsp3) is 0.500. The summed E-state index contributed by atoms with van der Waals surface area (Å²) in [5, 5.41) is 0. The summed E-state index contributed by atoms with van der Waals surface area (Å²) in [5.41, 5.74) is 0. The van der Waals surface area contributed by atoms with E-state index in [9.17, 15) is 0 Å². The van der Waals surface area contributed by atoms with E-state index in [1.807, 2.05) is 0 Å². The quantitative estimate of drug-likeness (QED) is 0.777. The van der Waals surface area contributed by atoms with Gasteiger partial charge < -0.3 is 8.83 Å². The van der Waals surface area contributed by atoms with Crippen LogP contribution in [0.4, 0.5) is 0 Å². The molecule has 0 saturated heterocycles. The van der Waals surface area contributed by atoms with Crippen molar-refractivity contribution in [3.8, 4) is 0 Å². The monoisotopic (exact) mass is 218 g/mol. The molecule has 1 aliphatic carbocycles. The molecule has 0 bridgehead atoms. The van der Waals surface area contributed by atoms with E-state index in [2.05, 4.69) is 9.97 Å². The highest BCUT2D eigenvalue weighted by molar-refractivity contribution is 5.02. The maximum absolute atomic E-state index is 5.38. The Balaban J connectivity index is 1.75. The van der Waals surface area contributed by atoms with Crippen LogP contribution in [0.15, 0.2) is 33.8 Å². The zero-order valence-corrected chi connectivity index (χ0v) is 9.00. The molecule has 0 aliphatic heterocycles. The van der Waals surface area contributed by atoms with E-state index >= 15 is 0 Å². The molecule has 84 valence electrons. The number of rotatable bonds is 2. The van der Waals surface area contributed by atoms with Crippen LogP contribution in [-0.4, -0.2) is 9.97 Å². The Morgan fingerprint density at radius 3 is 1.94 bits per heavy atom. The van der Waals surface area contributed by atoms with Crippen LogP contribution in [0.2, 0.25) is 0 Å². The van der Waals surface area contributed by atoms with Gasteiger partial charge in [-0.15, -0.1) is 0 Å². The molecule has 2 aromatic rings. The van der Waals surface area contributed by atoms with Crippen LogP contribution in [-0.2, 0) is 0 Å². The van der Waals surface area contributed by atoms with Crippen LogP contribution in [0.5, 0.6) is 0 Å². The van der Waals surface area contributed by atoms with Crippen LogP contribution >= 0.6 is 0 Å². The molecule has 4 heteroatoms. The summed E-state index contributed by atoms with van der Waals surface area (Å²) in [6, 6.07) is 0. The van der Waals surface area contributed by atoms with Gasteiger partial charge in [0.2, 0.25) is 0 Å². The Hall–Kier alpha value is -1.58. The summed E-state index contributed by atoms with van der Waals surface area (Å²) in [6.07, 6.45) is 11.2. The topological polar surface area (TPSA) is 52.1 Å². The molecule has 1 aliphatic rings. The number of oxazole rings is 2. The van der Waals surface area contributed by atoms with Gasteiger partial charge >= 0.3 is 0 Å². The fourth-order valence-electron chi connectivity index (χ4n) is 2.51. The number of hydrogen-bond donors (Lipinski definition) is 0. The minimum atomic E-state index is 0.417. The van der Waals surface area contributed by atoms with Crippen molar-refractivity contribution in [3.05, 3.63) is 36.7 Å². The molecule has 0 aromatic carbocycles. The second kappa shape index (κ2) is 4.12. The third kappa shape index (κ3) is 1.75. The minimum Gasteiger partial charge on any atom is -0.449 e. The molecule has 2 aromatic heterocycles. The van der Waals surface area contributed by atoms with Crippen molar-refractivity contribution < 1.29 is 8.83 Å². The highest BCUT2D eigenvalue weighted by Crippen LogP contribution is 2.39. The van der Waals surface area contributed by atoms with Gasteiger partial charge in [-0.05, 0) is 19.3 Å². The maximum atomic E-state index is 5.38. The molecule has 2 heterocycles. The van der Waals surface area contributed by atoms with Crippen LogP contribution in [0.25, 0.3) is 0 Å². The molecular formula is C12H14N2O2. The summed E-state index contributed by atoms with van der Waals surface area (Å²) in [7, 11) is 0. The highest BCUT2D eigenvalue weighted by Gasteiger charge is 2.29. The molecular weight excluding hydrogens is 204 g/mol. The van der Waals surface area contributed by atoms with E-state index in [1.165, 1.54) is 6.42 Å². The van der Waals surface area contributed by atoms with Crippen molar-refractivity contribution >= 4 is 0 Å². The predicted molar refractivity (Wildman–Crippen MR) is 57.0 cm³/mol. The average molecular weight is 218 g/mol. The molecule has 0 spiro atoms. The Labute approximate surface area is 93.7 Å². The average Bonchev–Trinajstić information content (AvgIpc) is 3.03. The third-order valence-corrected chi connectivity index (χ3v) is 3.28. The molecule has 16 heavy (non-hydrogen) atoms. The van der Waals surface area contributed by atoms with Gasteiger partial charge in [0.15, 0.2) is 11.8 Å². The summed E-state index contributed by atoms with van der Waals surface area (Å²) < 4.78 is 10.8. The summed E-state index contributed by atoms with van der Waals surface area (Å²) in [5.74, 6) is 2.55. The van der Waals surface area contributed by atoms with E-state index in [1.54, 1.807) is 24.9 Å². The molecule has 0 N–H and O–H groups in total. The molecule has 1 fully saturated rings. The van der Waals surface area contributed by atoms with Crippen LogP contribution in [0, 0.1) is 0 Å². The normalized spacial score (nSPS) is 25.8. The van der Waals surface area contributed by atoms with Gasteiger partial charge in [-0.25, -0.2) is 9.97 Å². The Morgan fingerprint density at radius 1 is 0.938 bits per heavy atom.